The summed E-state index contributed by atoms with van der Waals surface area (Å²) in [7, 11) is 0. The van der Waals surface area contributed by atoms with Gasteiger partial charge in [0.2, 0.25) is 5.91 Å². The van der Waals surface area contributed by atoms with Gasteiger partial charge in [-0.25, -0.2) is 4.79 Å². The largest absolute Gasteiger partial charge is 0.325 e. The number of anilines is 2. The monoisotopic (exact) mass is 400 g/mol. The lowest BCUT2D eigenvalue weighted by atomic mass is 10.2. The van der Waals surface area contributed by atoms with Crippen LogP contribution in [0.3, 0.4) is 0 Å². The number of rotatable bonds is 4. The Labute approximate surface area is 170 Å². The molecule has 0 spiro atoms. The molecule has 6 nitrogen and oxygen atoms in total. The third-order valence-electron chi connectivity index (χ3n) is 4.94. The SMILES string of the molecule is Cc1ccc(NC(=O)N2CCN([C@H](C)C(=O)Nc3ccc(Cl)cc3)CC2)cc1. The summed E-state index contributed by atoms with van der Waals surface area (Å²) in [5, 5.41) is 6.46. The number of piperazine rings is 1. The third kappa shape index (κ3) is 5.24. The van der Waals surface area contributed by atoms with E-state index in [1.54, 1.807) is 29.2 Å². The Hall–Kier alpha value is -2.57. The first-order chi connectivity index (χ1) is 13.4. The van der Waals surface area contributed by atoms with Gasteiger partial charge in [0.15, 0.2) is 0 Å². The van der Waals surface area contributed by atoms with Crippen LogP contribution < -0.4 is 10.6 Å². The lowest BCUT2D eigenvalue weighted by Crippen LogP contribution is -2.54. The molecule has 3 amide bonds. The first kappa shape index (κ1) is 20.2. The molecule has 1 fully saturated rings. The van der Waals surface area contributed by atoms with Gasteiger partial charge in [-0.2, -0.15) is 0 Å². The number of hydrogen-bond donors (Lipinski definition) is 2. The van der Waals surface area contributed by atoms with E-state index in [4.69, 9.17) is 11.6 Å². The number of amides is 3. The van der Waals surface area contributed by atoms with E-state index in [-0.39, 0.29) is 18.0 Å². The minimum Gasteiger partial charge on any atom is -0.325 e. The summed E-state index contributed by atoms with van der Waals surface area (Å²) in [6.45, 7) is 6.35. The molecule has 0 radical (unpaired) electrons. The number of urea groups is 1. The summed E-state index contributed by atoms with van der Waals surface area (Å²) in [5.41, 5.74) is 2.66. The number of nitrogens with zero attached hydrogens (tertiary/aromatic N) is 2. The summed E-state index contributed by atoms with van der Waals surface area (Å²) in [4.78, 5) is 28.8. The van der Waals surface area contributed by atoms with Crippen molar-refractivity contribution in [2.45, 2.75) is 19.9 Å². The van der Waals surface area contributed by atoms with Crippen LogP contribution in [-0.4, -0.2) is 54.0 Å². The number of hydrogen-bond acceptors (Lipinski definition) is 3. The van der Waals surface area contributed by atoms with Crippen LogP contribution in [0.5, 0.6) is 0 Å². The summed E-state index contributed by atoms with van der Waals surface area (Å²) >= 11 is 5.87. The molecule has 0 saturated carbocycles. The summed E-state index contributed by atoms with van der Waals surface area (Å²) in [6, 6.07) is 14.4. The molecule has 0 unspecified atom stereocenters. The van der Waals surface area contributed by atoms with E-state index in [2.05, 4.69) is 15.5 Å². The van der Waals surface area contributed by atoms with Crippen LogP contribution in [0.1, 0.15) is 12.5 Å². The predicted octanol–water partition coefficient (Wildman–Crippen LogP) is 3.83. The highest BCUT2D eigenvalue weighted by Crippen LogP contribution is 2.15. The summed E-state index contributed by atoms with van der Waals surface area (Å²) < 4.78 is 0. The van der Waals surface area contributed by atoms with Crippen molar-refractivity contribution in [3.63, 3.8) is 0 Å². The van der Waals surface area contributed by atoms with Crippen LogP contribution in [0.2, 0.25) is 5.02 Å². The van der Waals surface area contributed by atoms with Crippen molar-refractivity contribution in [1.82, 2.24) is 9.80 Å². The molecule has 1 aliphatic heterocycles. The first-order valence-electron chi connectivity index (χ1n) is 9.35. The maximum absolute atomic E-state index is 12.5. The predicted molar refractivity (Wildman–Crippen MR) is 113 cm³/mol. The number of benzene rings is 2. The molecule has 28 heavy (non-hydrogen) atoms. The quantitative estimate of drug-likeness (QED) is 0.819. The fourth-order valence-corrected chi connectivity index (χ4v) is 3.22. The van der Waals surface area contributed by atoms with E-state index in [9.17, 15) is 9.59 Å². The lowest BCUT2D eigenvalue weighted by Gasteiger charge is -2.37. The molecule has 0 aromatic heterocycles. The summed E-state index contributed by atoms with van der Waals surface area (Å²) in [6.07, 6.45) is 0. The van der Waals surface area contributed by atoms with Gasteiger partial charge in [-0.3, -0.25) is 9.69 Å². The zero-order valence-electron chi connectivity index (χ0n) is 16.1. The number of halogens is 1. The molecular formula is C21H25ClN4O2. The fraction of sp³-hybridized carbons (Fsp3) is 0.333. The Balaban J connectivity index is 1.48. The zero-order chi connectivity index (χ0) is 20.1. The Kier molecular flexibility index (Phi) is 6.54. The molecule has 1 saturated heterocycles. The van der Waals surface area contributed by atoms with Gasteiger partial charge in [0.25, 0.3) is 0 Å². The van der Waals surface area contributed by atoms with Crippen LogP contribution in [0, 0.1) is 6.92 Å². The number of nitrogens with one attached hydrogen (secondary N) is 2. The smallest absolute Gasteiger partial charge is 0.321 e. The third-order valence-corrected chi connectivity index (χ3v) is 5.20. The lowest BCUT2D eigenvalue weighted by molar-refractivity contribution is -0.121. The minimum atomic E-state index is -0.280. The van der Waals surface area contributed by atoms with Crippen molar-refractivity contribution >= 4 is 34.9 Å². The average molecular weight is 401 g/mol. The van der Waals surface area contributed by atoms with Gasteiger partial charge in [-0.05, 0) is 50.2 Å². The molecule has 0 bridgehead atoms. The van der Waals surface area contributed by atoms with Gasteiger partial charge in [-0.1, -0.05) is 29.3 Å². The van der Waals surface area contributed by atoms with Crippen molar-refractivity contribution < 1.29 is 9.59 Å². The summed E-state index contributed by atoms with van der Waals surface area (Å²) in [5.74, 6) is -0.0696. The molecule has 0 aliphatic carbocycles. The molecule has 1 aliphatic rings. The van der Waals surface area contributed by atoms with Gasteiger partial charge in [0.05, 0.1) is 6.04 Å². The molecule has 2 N–H and O–H groups in total. The topological polar surface area (TPSA) is 64.7 Å². The van der Waals surface area contributed by atoms with E-state index >= 15 is 0 Å². The molecule has 1 heterocycles. The number of aryl methyl sites for hydroxylation is 1. The van der Waals surface area contributed by atoms with Crippen molar-refractivity contribution in [3.05, 3.63) is 59.1 Å². The average Bonchev–Trinajstić information content (AvgIpc) is 2.71. The Morgan fingerprint density at radius 1 is 0.893 bits per heavy atom. The van der Waals surface area contributed by atoms with Crippen LogP contribution in [0.4, 0.5) is 16.2 Å². The molecule has 7 heteroatoms. The van der Waals surface area contributed by atoms with Gasteiger partial charge >= 0.3 is 6.03 Å². The standard InChI is InChI=1S/C21H25ClN4O2/c1-15-3-7-19(8-4-15)24-21(28)26-13-11-25(12-14-26)16(2)20(27)23-18-9-5-17(22)6-10-18/h3-10,16H,11-14H2,1-2H3,(H,23,27)(H,24,28)/t16-/m1/s1. The van der Waals surface area contributed by atoms with E-state index in [0.29, 0.717) is 31.2 Å². The highest BCUT2D eigenvalue weighted by Gasteiger charge is 2.27. The van der Waals surface area contributed by atoms with Crippen molar-refractivity contribution in [1.29, 1.82) is 0 Å². The maximum atomic E-state index is 12.5. The Morgan fingerprint density at radius 2 is 1.43 bits per heavy atom. The van der Waals surface area contributed by atoms with E-state index in [1.165, 1.54) is 0 Å². The number of carbonyl (C=O) groups is 2. The maximum Gasteiger partial charge on any atom is 0.321 e. The van der Waals surface area contributed by atoms with Crippen LogP contribution in [0.25, 0.3) is 0 Å². The molecular weight excluding hydrogens is 376 g/mol. The molecule has 3 rings (SSSR count). The van der Waals surface area contributed by atoms with Gasteiger partial charge in [0, 0.05) is 42.6 Å². The fourth-order valence-electron chi connectivity index (χ4n) is 3.10. The molecule has 2 aromatic carbocycles. The second kappa shape index (κ2) is 9.08. The van der Waals surface area contributed by atoms with Crippen LogP contribution >= 0.6 is 11.6 Å². The van der Waals surface area contributed by atoms with Crippen LogP contribution in [0.15, 0.2) is 48.5 Å². The second-order valence-electron chi connectivity index (χ2n) is 6.99. The molecule has 148 valence electrons. The zero-order valence-corrected chi connectivity index (χ0v) is 16.9. The van der Waals surface area contributed by atoms with Crippen molar-refractivity contribution in [2.24, 2.45) is 0 Å². The van der Waals surface area contributed by atoms with E-state index < -0.39 is 0 Å². The highest BCUT2D eigenvalue weighted by molar-refractivity contribution is 6.30. The first-order valence-corrected chi connectivity index (χ1v) is 9.73. The Morgan fingerprint density at radius 3 is 2.04 bits per heavy atom. The van der Waals surface area contributed by atoms with Crippen molar-refractivity contribution in [2.75, 3.05) is 36.8 Å². The van der Waals surface area contributed by atoms with Gasteiger partial charge in [-0.15, -0.1) is 0 Å². The normalized spacial score (nSPS) is 15.8. The molecule has 2 aromatic rings. The Bertz CT molecular complexity index is 815. The number of carbonyl (C=O) groups excluding carboxylic acids is 2. The van der Waals surface area contributed by atoms with Gasteiger partial charge in [0.1, 0.15) is 0 Å². The molecule has 1 atom stereocenters. The van der Waals surface area contributed by atoms with Gasteiger partial charge < -0.3 is 15.5 Å². The van der Waals surface area contributed by atoms with E-state index in [0.717, 1.165) is 16.9 Å². The van der Waals surface area contributed by atoms with Crippen LogP contribution in [-0.2, 0) is 4.79 Å². The highest BCUT2D eigenvalue weighted by atomic mass is 35.5. The minimum absolute atomic E-state index is 0.0696. The van der Waals surface area contributed by atoms with Crippen molar-refractivity contribution in [3.8, 4) is 0 Å². The van der Waals surface area contributed by atoms with E-state index in [1.807, 2.05) is 38.1 Å². The second-order valence-corrected chi connectivity index (χ2v) is 7.43.